The number of rotatable bonds is 53. The van der Waals surface area contributed by atoms with Gasteiger partial charge in [-0.05, 0) is 96.3 Å². The number of carbonyl (C=O) groups excluding carboxylic acids is 3. The average molecular weight is 976 g/mol. The molecule has 0 aliphatic rings. The van der Waals surface area contributed by atoms with E-state index in [0.29, 0.717) is 19.3 Å². The number of allylic oxidation sites excluding steroid dienone is 14. The van der Waals surface area contributed by atoms with E-state index in [4.69, 9.17) is 14.2 Å². The lowest BCUT2D eigenvalue weighted by molar-refractivity contribution is -0.167. The summed E-state index contributed by atoms with van der Waals surface area (Å²) in [6.45, 7) is 6.58. The first kappa shape index (κ1) is 66.6. The minimum atomic E-state index is -0.801. The van der Waals surface area contributed by atoms with E-state index in [1.807, 2.05) is 0 Å². The first-order valence-corrected chi connectivity index (χ1v) is 29.7. The number of hydrogen-bond donors (Lipinski definition) is 0. The van der Waals surface area contributed by atoms with Crippen LogP contribution in [0.15, 0.2) is 85.1 Å². The van der Waals surface area contributed by atoms with Crippen molar-refractivity contribution in [1.29, 1.82) is 0 Å². The Labute approximate surface area is 433 Å². The van der Waals surface area contributed by atoms with Crippen LogP contribution in [0, 0.1) is 0 Å². The summed E-state index contributed by atoms with van der Waals surface area (Å²) in [7, 11) is 0. The smallest absolute Gasteiger partial charge is 0.306 e. The van der Waals surface area contributed by atoms with Crippen LogP contribution in [0.5, 0.6) is 0 Å². The van der Waals surface area contributed by atoms with Crippen LogP contribution in [0.25, 0.3) is 0 Å². The third-order valence-corrected chi connectivity index (χ3v) is 12.7. The van der Waals surface area contributed by atoms with E-state index < -0.39 is 6.10 Å². The Bertz CT molecular complexity index is 1350. The first-order chi connectivity index (χ1) is 34.5. The molecule has 0 saturated carbocycles. The van der Waals surface area contributed by atoms with Gasteiger partial charge in [-0.3, -0.25) is 14.4 Å². The van der Waals surface area contributed by atoms with Gasteiger partial charge in [0.25, 0.3) is 0 Å². The zero-order valence-electron chi connectivity index (χ0n) is 46.0. The topological polar surface area (TPSA) is 78.9 Å². The van der Waals surface area contributed by atoms with Crippen LogP contribution in [-0.4, -0.2) is 37.2 Å². The highest BCUT2D eigenvalue weighted by Gasteiger charge is 2.19. The lowest BCUT2D eigenvalue weighted by Gasteiger charge is -2.18. The van der Waals surface area contributed by atoms with Gasteiger partial charge in [0.15, 0.2) is 6.10 Å². The van der Waals surface area contributed by atoms with Crippen LogP contribution in [0.2, 0.25) is 0 Å². The summed E-state index contributed by atoms with van der Waals surface area (Å²) in [5.41, 5.74) is 0. The molecule has 0 aliphatic carbocycles. The lowest BCUT2D eigenvalue weighted by Crippen LogP contribution is -2.30. The Morgan fingerprint density at radius 2 is 0.529 bits per heavy atom. The van der Waals surface area contributed by atoms with Gasteiger partial charge < -0.3 is 14.2 Å². The first-order valence-electron chi connectivity index (χ1n) is 29.7. The van der Waals surface area contributed by atoms with Crippen molar-refractivity contribution in [3.63, 3.8) is 0 Å². The fraction of sp³-hybridized carbons (Fsp3) is 0.734. The summed E-state index contributed by atoms with van der Waals surface area (Å²) >= 11 is 0. The van der Waals surface area contributed by atoms with Crippen molar-refractivity contribution < 1.29 is 28.6 Å². The predicted molar refractivity (Wildman–Crippen MR) is 302 cm³/mol. The van der Waals surface area contributed by atoms with Crippen molar-refractivity contribution in [2.24, 2.45) is 0 Å². The molecule has 402 valence electrons. The molecular formula is C64H110O6. The quantitative estimate of drug-likeness (QED) is 0.0199. The third kappa shape index (κ3) is 55.5. The molecule has 0 amide bonds. The van der Waals surface area contributed by atoms with Crippen LogP contribution >= 0.6 is 0 Å². The standard InChI is InChI=1S/C64H110O6/c1-4-7-10-13-16-19-22-25-28-31-33-36-39-42-45-48-51-54-57-63(66)69-60-61(59-68-62(65)56-53-50-47-44-41-38-35-30-27-24-21-18-15-12-9-6-3)70-64(67)58-55-52-49-46-43-40-37-34-32-29-26-23-20-17-14-11-8-5-2/h22-23,25-26,28-37,61H,4-21,24,27,38-60H2,1-3H3/b25-22-,26-23-,31-28-,32-29-,35-30-,36-33-,37-34-. The molecule has 0 aromatic heterocycles. The molecule has 1 unspecified atom stereocenters. The highest BCUT2D eigenvalue weighted by Crippen LogP contribution is 2.14. The Balaban J connectivity index is 4.48. The highest BCUT2D eigenvalue weighted by molar-refractivity contribution is 5.71. The third-order valence-electron chi connectivity index (χ3n) is 12.7. The van der Waals surface area contributed by atoms with Crippen molar-refractivity contribution in [2.75, 3.05) is 13.2 Å². The van der Waals surface area contributed by atoms with E-state index in [1.54, 1.807) is 0 Å². The minimum Gasteiger partial charge on any atom is -0.462 e. The summed E-state index contributed by atoms with van der Waals surface area (Å²) in [5, 5.41) is 0. The molecule has 0 aliphatic heterocycles. The maximum atomic E-state index is 12.9. The number of esters is 3. The van der Waals surface area contributed by atoms with Gasteiger partial charge in [-0.2, -0.15) is 0 Å². The zero-order valence-corrected chi connectivity index (χ0v) is 46.0. The molecule has 0 fully saturated rings. The van der Waals surface area contributed by atoms with E-state index in [9.17, 15) is 14.4 Å². The maximum absolute atomic E-state index is 12.9. The van der Waals surface area contributed by atoms with Crippen molar-refractivity contribution in [3.8, 4) is 0 Å². The van der Waals surface area contributed by atoms with Gasteiger partial charge in [0, 0.05) is 19.3 Å². The van der Waals surface area contributed by atoms with Crippen LogP contribution in [0.4, 0.5) is 0 Å². The van der Waals surface area contributed by atoms with E-state index in [-0.39, 0.29) is 31.1 Å². The second-order valence-electron chi connectivity index (χ2n) is 19.7. The van der Waals surface area contributed by atoms with Crippen LogP contribution < -0.4 is 0 Å². The predicted octanol–water partition coefficient (Wildman–Crippen LogP) is 19.9. The fourth-order valence-electron chi connectivity index (χ4n) is 8.20. The second-order valence-corrected chi connectivity index (χ2v) is 19.7. The molecule has 0 rings (SSSR count). The maximum Gasteiger partial charge on any atom is 0.306 e. The molecule has 0 aromatic rings. The van der Waals surface area contributed by atoms with Gasteiger partial charge in [0.2, 0.25) is 0 Å². The number of carbonyl (C=O) groups is 3. The molecule has 0 radical (unpaired) electrons. The number of unbranched alkanes of at least 4 members (excludes halogenated alkanes) is 32. The molecule has 0 N–H and O–H groups in total. The molecular weight excluding hydrogens is 865 g/mol. The molecule has 6 heteroatoms. The second kappa shape index (κ2) is 58.2. The Kier molecular flexibility index (Phi) is 55.3. The van der Waals surface area contributed by atoms with Crippen LogP contribution in [0.1, 0.15) is 284 Å². The highest BCUT2D eigenvalue weighted by atomic mass is 16.6. The van der Waals surface area contributed by atoms with Gasteiger partial charge in [-0.15, -0.1) is 0 Å². The van der Waals surface area contributed by atoms with E-state index in [1.165, 1.54) is 128 Å². The normalized spacial score (nSPS) is 12.7. The van der Waals surface area contributed by atoms with Crippen molar-refractivity contribution in [2.45, 2.75) is 290 Å². The molecule has 0 spiro atoms. The van der Waals surface area contributed by atoms with E-state index in [2.05, 4.69) is 106 Å². The average Bonchev–Trinajstić information content (AvgIpc) is 3.36. The van der Waals surface area contributed by atoms with Crippen molar-refractivity contribution in [1.82, 2.24) is 0 Å². The Hall–Kier alpha value is -3.41. The minimum absolute atomic E-state index is 0.0959. The number of hydrogen-bond acceptors (Lipinski definition) is 6. The van der Waals surface area contributed by atoms with Crippen LogP contribution in [0.3, 0.4) is 0 Å². The summed E-state index contributed by atoms with van der Waals surface area (Å²) in [4.78, 5) is 38.2. The molecule has 0 aromatic carbocycles. The van der Waals surface area contributed by atoms with E-state index >= 15 is 0 Å². The zero-order chi connectivity index (χ0) is 50.7. The largest absolute Gasteiger partial charge is 0.462 e. The lowest BCUT2D eigenvalue weighted by atomic mass is 10.1. The van der Waals surface area contributed by atoms with Gasteiger partial charge in [-0.25, -0.2) is 0 Å². The summed E-state index contributed by atoms with van der Waals surface area (Å²) in [6.07, 6.45) is 75.6. The van der Waals surface area contributed by atoms with Crippen molar-refractivity contribution >= 4 is 17.9 Å². The summed E-state index contributed by atoms with van der Waals surface area (Å²) in [6, 6.07) is 0. The monoisotopic (exact) mass is 975 g/mol. The van der Waals surface area contributed by atoms with E-state index in [0.717, 1.165) is 116 Å². The van der Waals surface area contributed by atoms with Gasteiger partial charge in [0.1, 0.15) is 13.2 Å². The molecule has 1 atom stereocenters. The van der Waals surface area contributed by atoms with Crippen molar-refractivity contribution in [3.05, 3.63) is 85.1 Å². The molecule has 0 heterocycles. The molecule has 6 nitrogen and oxygen atoms in total. The molecule has 0 bridgehead atoms. The summed E-state index contributed by atoms with van der Waals surface area (Å²) < 4.78 is 16.9. The summed E-state index contributed by atoms with van der Waals surface area (Å²) in [5.74, 6) is -0.937. The van der Waals surface area contributed by atoms with Gasteiger partial charge >= 0.3 is 17.9 Å². The van der Waals surface area contributed by atoms with Gasteiger partial charge in [-0.1, -0.05) is 254 Å². The Morgan fingerprint density at radius 1 is 0.286 bits per heavy atom. The fourth-order valence-corrected chi connectivity index (χ4v) is 8.20. The van der Waals surface area contributed by atoms with Crippen LogP contribution in [-0.2, 0) is 28.6 Å². The Morgan fingerprint density at radius 3 is 0.829 bits per heavy atom. The molecule has 70 heavy (non-hydrogen) atoms. The number of ether oxygens (including phenoxy) is 3. The molecule has 0 saturated heterocycles. The SMILES string of the molecule is CCCCCCC\C=C/C=C\C=C/CCCCCCCC(=O)OCC(COC(=O)CCCCCCC/C=C\CCCCCCCCC)OC(=O)CCCCCCC\C=C/C=C\C=C/CCCCCCC. The van der Waals surface area contributed by atoms with Gasteiger partial charge in [0.05, 0.1) is 0 Å².